The molecule has 0 aliphatic heterocycles. The second kappa shape index (κ2) is 5.44. The van der Waals surface area contributed by atoms with Gasteiger partial charge >= 0.3 is 5.69 Å². The van der Waals surface area contributed by atoms with Gasteiger partial charge in [0.15, 0.2) is 0 Å². The van der Waals surface area contributed by atoms with Gasteiger partial charge in [-0.25, -0.2) is 4.98 Å². The van der Waals surface area contributed by atoms with Crippen molar-refractivity contribution in [3.63, 3.8) is 0 Å². The molecule has 0 N–H and O–H groups in total. The van der Waals surface area contributed by atoms with E-state index in [-0.39, 0.29) is 11.7 Å². The molecule has 0 spiro atoms. The highest BCUT2D eigenvalue weighted by molar-refractivity contribution is 9.10. The van der Waals surface area contributed by atoms with Crippen molar-refractivity contribution < 1.29 is 4.92 Å². The Morgan fingerprint density at radius 2 is 2.06 bits per heavy atom. The summed E-state index contributed by atoms with van der Waals surface area (Å²) in [6.07, 6.45) is 1.58. The summed E-state index contributed by atoms with van der Waals surface area (Å²) in [5.74, 6) is 0.796. The van der Waals surface area contributed by atoms with Crippen molar-refractivity contribution in [2.75, 3.05) is 11.9 Å². The molecular formula is C11H16BrN3O2. The maximum Gasteiger partial charge on any atom is 0.312 e. The topological polar surface area (TPSA) is 59.3 Å². The van der Waals surface area contributed by atoms with Crippen LogP contribution < -0.4 is 4.90 Å². The van der Waals surface area contributed by atoms with E-state index in [0.717, 1.165) is 0 Å². The van der Waals surface area contributed by atoms with Crippen LogP contribution in [0.2, 0.25) is 0 Å². The number of aromatic nitrogens is 1. The predicted octanol–water partition coefficient (Wildman–Crippen LogP) is 3.23. The van der Waals surface area contributed by atoms with E-state index in [1.165, 1.54) is 6.07 Å². The summed E-state index contributed by atoms with van der Waals surface area (Å²) in [5.41, 5.74) is 0.0226. The molecule has 94 valence electrons. The molecule has 0 aromatic carbocycles. The molecule has 1 atom stereocenters. The van der Waals surface area contributed by atoms with Gasteiger partial charge in [0.1, 0.15) is 0 Å². The minimum Gasteiger partial charge on any atom is -0.351 e. The lowest BCUT2D eigenvalue weighted by Gasteiger charge is -2.28. The Morgan fingerprint density at radius 3 is 2.53 bits per heavy atom. The van der Waals surface area contributed by atoms with E-state index < -0.39 is 4.92 Å². The third-order valence-electron chi connectivity index (χ3n) is 2.92. The number of anilines is 1. The molecule has 0 bridgehead atoms. The Bertz CT molecular complexity index is 423. The smallest absolute Gasteiger partial charge is 0.312 e. The Kier molecular flexibility index (Phi) is 4.45. The quantitative estimate of drug-likeness (QED) is 0.633. The van der Waals surface area contributed by atoms with Gasteiger partial charge in [0.2, 0.25) is 5.82 Å². The number of hydrogen-bond donors (Lipinski definition) is 0. The minimum absolute atomic E-state index is 0.0226. The summed E-state index contributed by atoms with van der Waals surface area (Å²) >= 11 is 3.19. The van der Waals surface area contributed by atoms with E-state index in [9.17, 15) is 10.1 Å². The lowest BCUT2D eigenvalue weighted by atomic mass is 10.1. The Hall–Kier alpha value is -1.17. The highest BCUT2D eigenvalue weighted by Gasteiger charge is 2.23. The first-order valence-electron chi connectivity index (χ1n) is 5.37. The molecule has 17 heavy (non-hydrogen) atoms. The monoisotopic (exact) mass is 301 g/mol. The van der Waals surface area contributed by atoms with Crippen LogP contribution in [0.25, 0.3) is 0 Å². The molecule has 5 nitrogen and oxygen atoms in total. The van der Waals surface area contributed by atoms with Crippen LogP contribution in [0, 0.1) is 16.0 Å². The van der Waals surface area contributed by atoms with Crippen LogP contribution in [0.3, 0.4) is 0 Å². The Balaban J connectivity index is 3.17. The number of halogens is 1. The third kappa shape index (κ3) is 3.15. The van der Waals surface area contributed by atoms with Crippen molar-refractivity contribution in [1.29, 1.82) is 0 Å². The predicted molar refractivity (Wildman–Crippen MR) is 71.3 cm³/mol. The van der Waals surface area contributed by atoms with Gasteiger partial charge in [0.05, 0.1) is 4.92 Å². The summed E-state index contributed by atoms with van der Waals surface area (Å²) in [7, 11) is 1.83. The molecule has 1 aromatic rings. The molecule has 6 heteroatoms. The summed E-state index contributed by atoms with van der Waals surface area (Å²) in [6.45, 7) is 6.18. The third-order valence-corrected chi connectivity index (χ3v) is 3.35. The van der Waals surface area contributed by atoms with Crippen LogP contribution >= 0.6 is 15.9 Å². The largest absolute Gasteiger partial charge is 0.351 e. The first-order valence-corrected chi connectivity index (χ1v) is 6.16. The standard InChI is InChI=1S/C11H16BrN3O2/c1-7(2)8(3)14(4)11-10(15(16)17)5-9(12)6-13-11/h5-8H,1-4H3. The average molecular weight is 302 g/mol. The van der Waals surface area contributed by atoms with E-state index in [4.69, 9.17) is 0 Å². The SMILES string of the molecule is CC(C)C(C)N(C)c1ncc(Br)cc1[N+](=O)[O-]. The fourth-order valence-corrected chi connectivity index (χ4v) is 1.79. The van der Waals surface area contributed by atoms with E-state index in [1.54, 1.807) is 6.20 Å². The van der Waals surface area contributed by atoms with Crippen molar-refractivity contribution in [3.05, 3.63) is 26.9 Å². The molecule has 1 aromatic heterocycles. The lowest BCUT2D eigenvalue weighted by molar-refractivity contribution is -0.384. The minimum atomic E-state index is -0.406. The zero-order valence-electron chi connectivity index (χ0n) is 10.3. The lowest BCUT2D eigenvalue weighted by Crippen LogP contribution is -2.34. The van der Waals surface area contributed by atoms with Gasteiger partial charge in [-0.1, -0.05) is 13.8 Å². The molecule has 0 amide bonds. The maximum absolute atomic E-state index is 11.0. The van der Waals surface area contributed by atoms with Crippen LogP contribution in [-0.4, -0.2) is 23.0 Å². The van der Waals surface area contributed by atoms with E-state index in [2.05, 4.69) is 34.8 Å². The van der Waals surface area contributed by atoms with Crippen molar-refractivity contribution in [1.82, 2.24) is 4.98 Å². The van der Waals surface area contributed by atoms with Crippen molar-refractivity contribution in [2.45, 2.75) is 26.8 Å². The van der Waals surface area contributed by atoms with Crippen molar-refractivity contribution in [2.24, 2.45) is 5.92 Å². The normalized spacial score (nSPS) is 12.6. The summed E-state index contributed by atoms with van der Waals surface area (Å²) < 4.78 is 0.610. The molecule has 0 radical (unpaired) electrons. The summed E-state index contributed by atoms with van der Waals surface area (Å²) in [5, 5.41) is 11.0. The number of nitro groups is 1. The number of nitrogens with zero attached hydrogens (tertiary/aromatic N) is 3. The van der Waals surface area contributed by atoms with E-state index in [0.29, 0.717) is 16.2 Å². The fourth-order valence-electron chi connectivity index (χ4n) is 1.47. The van der Waals surface area contributed by atoms with Gasteiger partial charge < -0.3 is 4.90 Å². The van der Waals surface area contributed by atoms with Gasteiger partial charge in [0, 0.05) is 29.8 Å². The van der Waals surface area contributed by atoms with Gasteiger partial charge in [-0.3, -0.25) is 10.1 Å². The molecule has 1 heterocycles. The van der Waals surface area contributed by atoms with Crippen molar-refractivity contribution >= 4 is 27.4 Å². The van der Waals surface area contributed by atoms with Crippen LogP contribution in [0.15, 0.2) is 16.7 Å². The maximum atomic E-state index is 11.0. The molecule has 0 saturated carbocycles. The number of rotatable bonds is 4. The fraction of sp³-hybridized carbons (Fsp3) is 0.545. The van der Waals surface area contributed by atoms with E-state index in [1.807, 2.05) is 18.9 Å². The Labute approximate surface area is 109 Å². The molecular weight excluding hydrogens is 286 g/mol. The molecule has 1 unspecified atom stereocenters. The Morgan fingerprint density at radius 1 is 1.47 bits per heavy atom. The molecule has 0 saturated heterocycles. The molecule has 1 rings (SSSR count). The van der Waals surface area contributed by atoms with Crippen LogP contribution in [0.5, 0.6) is 0 Å². The van der Waals surface area contributed by atoms with E-state index >= 15 is 0 Å². The first kappa shape index (κ1) is 13.9. The first-order chi connectivity index (χ1) is 7.84. The van der Waals surface area contributed by atoms with Gasteiger partial charge in [-0.05, 0) is 28.8 Å². The highest BCUT2D eigenvalue weighted by Crippen LogP contribution is 2.29. The summed E-state index contributed by atoms with van der Waals surface area (Å²) in [4.78, 5) is 16.6. The zero-order chi connectivity index (χ0) is 13.2. The number of pyridine rings is 1. The van der Waals surface area contributed by atoms with Gasteiger partial charge in [0.25, 0.3) is 0 Å². The second-order valence-corrected chi connectivity index (χ2v) is 5.26. The van der Waals surface area contributed by atoms with Gasteiger partial charge in [-0.15, -0.1) is 0 Å². The molecule has 0 aliphatic rings. The number of hydrogen-bond acceptors (Lipinski definition) is 4. The van der Waals surface area contributed by atoms with Crippen molar-refractivity contribution in [3.8, 4) is 0 Å². The summed E-state index contributed by atoms with van der Waals surface area (Å²) in [6, 6.07) is 1.66. The average Bonchev–Trinajstić information content (AvgIpc) is 2.26. The highest BCUT2D eigenvalue weighted by atomic mass is 79.9. The van der Waals surface area contributed by atoms with Gasteiger partial charge in [-0.2, -0.15) is 0 Å². The van der Waals surface area contributed by atoms with Crippen LogP contribution in [-0.2, 0) is 0 Å². The second-order valence-electron chi connectivity index (χ2n) is 4.35. The molecule has 0 aliphatic carbocycles. The molecule has 0 fully saturated rings. The zero-order valence-corrected chi connectivity index (χ0v) is 11.9. The van der Waals surface area contributed by atoms with Crippen LogP contribution in [0.1, 0.15) is 20.8 Å². The van der Waals surface area contributed by atoms with Crippen LogP contribution in [0.4, 0.5) is 11.5 Å².